The molecule has 2 nitrogen and oxygen atoms in total. The Bertz CT molecular complexity index is 770. The van der Waals surface area contributed by atoms with Crippen molar-refractivity contribution in [3.05, 3.63) is 70.7 Å². The number of hydrogen-bond acceptors (Lipinski definition) is 2. The molecule has 0 radical (unpaired) electrons. The lowest BCUT2D eigenvalue weighted by molar-refractivity contribution is 0.322. The highest BCUT2D eigenvalue weighted by Gasteiger charge is 2.01. The van der Waals surface area contributed by atoms with Gasteiger partial charge in [0, 0.05) is 16.6 Å². The van der Waals surface area contributed by atoms with Gasteiger partial charge in [-0.1, -0.05) is 46.3 Å². The molecule has 3 heteroatoms. The monoisotopic (exact) mass is 341 g/mol. The summed E-state index contributed by atoms with van der Waals surface area (Å²) in [4.78, 5) is 0. The topological polar surface area (TPSA) is 35.2 Å². The lowest BCUT2D eigenvalue weighted by atomic mass is 10.1. The smallest absolute Gasteiger partial charge is 0.119 e. The van der Waals surface area contributed by atoms with Crippen LogP contribution in [0, 0.1) is 0 Å². The van der Waals surface area contributed by atoms with Gasteiger partial charge in [0.05, 0.1) is 6.61 Å². The lowest BCUT2D eigenvalue weighted by Crippen LogP contribution is -2.03. The van der Waals surface area contributed by atoms with Crippen molar-refractivity contribution in [2.24, 2.45) is 0 Å². The molecule has 0 amide bonds. The fourth-order valence-corrected chi connectivity index (χ4v) is 2.70. The third-order valence-electron chi connectivity index (χ3n) is 3.47. The Morgan fingerprint density at radius 1 is 0.905 bits per heavy atom. The normalized spacial score (nSPS) is 10.7. The first-order valence-corrected chi connectivity index (χ1v) is 7.67. The summed E-state index contributed by atoms with van der Waals surface area (Å²) >= 11 is 3.48. The standard InChI is InChI=1S/C18H16BrNO/c19-16-7-5-15-12-17(8-6-14(15)11-16)21-10-9-13-3-1-2-4-18(13)20/h1-8,11-12H,9-10,20H2. The van der Waals surface area contributed by atoms with Crippen molar-refractivity contribution in [1.82, 2.24) is 0 Å². The van der Waals surface area contributed by atoms with Gasteiger partial charge in [0.1, 0.15) is 5.75 Å². The van der Waals surface area contributed by atoms with Gasteiger partial charge in [-0.15, -0.1) is 0 Å². The molecule has 0 aliphatic carbocycles. The van der Waals surface area contributed by atoms with Crippen molar-refractivity contribution in [1.29, 1.82) is 0 Å². The minimum atomic E-state index is 0.621. The van der Waals surface area contributed by atoms with Gasteiger partial charge in [-0.3, -0.25) is 0 Å². The third kappa shape index (κ3) is 3.37. The number of ether oxygens (including phenoxy) is 1. The van der Waals surface area contributed by atoms with Crippen molar-refractivity contribution in [2.45, 2.75) is 6.42 Å². The fraction of sp³-hybridized carbons (Fsp3) is 0.111. The Morgan fingerprint density at radius 2 is 1.67 bits per heavy atom. The molecule has 0 fully saturated rings. The van der Waals surface area contributed by atoms with E-state index in [0.29, 0.717) is 6.61 Å². The van der Waals surface area contributed by atoms with Crippen molar-refractivity contribution in [3.63, 3.8) is 0 Å². The van der Waals surface area contributed by atoms with Crippen LogP contribution in [0.15, 0.2) is 65.1 Å². The summed E-state index contributed by atoms with van der Waals surface area (Å²) in [6.45, 7) is 0.621. The molecule has 0 aliphatic rings. The zero-order valence-electron chi connectivity index (χ0n) is 11.6. The molecule has 0 aromatic heterocycles. The molecule has 21 heavy (non-hydrogen) atoms. The molecule has 106 valence electrons. The van der Waals surface area contributed by atoms with Crippen LogP contribution in [0.5, 0.6) is 5.75 Å². The molecule has 0 bridgehead atoms. The van der Waals surface area contributed by atoms with E-state index in [1.165, 1.54) is 10.8 Å². The zero-order valence-corrected chi connectivity index (χ0v) is 13.1. The van der Waals surface area contributed by atoms with E-state index in [4.69, 9.17) is 10.5 Å². The first-order valence-electron chi connectivity index (χ1n) is 6.88. The van der Waals surface area contributed by atoms with Crippen LogP contribution in [0.2, 0.25) is 0 Å². The molecule has 0 heterocycles. The van der Waals surface area contributed by atoms with Gasteiger partial charge in [0.25, 0.3) is 0 Å². The number of anilines is 1. The molecule has 0 aliphatic heterocycles. The molecule has 0 saturated heterocycles. The van der Waals surface area contributed by atoms with E-state index >= 15 is 0 Å². The largest absolute Gasteiger partial charge is 0.493 e. The van der Waals surface area contributed by atoms with Crippen LogP contribution < -0.4 is 10.5 Å². The Balaban J connectivity index is 1.68. The predicted molar refractivity (Wildman–Crippen MR) is 91.7 cm³/mol. The van der Waals surface area contributed by atoms with E-state index < -0.39 is 0 Å². The average Bonchev–Trinajstić information content (AvgIpc) is 2.49. The van der Waals surface area contributed by atoms with Gasteiger partial charge in [-0.05, 0) is 46.7 Å². The summed E-state index contributed by atoms with van der Waals surface area (Å²) in [6.07, 6.45) is 0.811. The zero-order chi connectivity index (χ0) is 14.7. The molecular formula is C18H16BrNO. The van der Waals surface area contributed by atoms with Crippen molar-refractivity contribution in [3.8, 4) is 5.75 Å². The van der Waals surface area contributed by atoms with E-state index in [0.717, 1.165) is 27.9 Å². The van der Waals surface area contributed by atoms with Gasteiger partial charge < -0.3 is 10.5 Å². The second kappa shape index (κ2) is 6.19. The first-order chi connectivity index (χ1) is 10.2. The van der Waals surface area contributed by atoms with Crippen molar-refractivity contribution < 1.29 is 4.74 Å². The second-order valence-electron chi connectivity index (χ2n) is 4.95. The number of nitrogens with two attached hydrogens (primary N) is 1. The van der Waals surface area contributed by atoms with E-state index in [1.54, 1.807) is 0 Å². The summed E-state index contributed by atoms with van der Waals surface area (Å²) in [5.41, 5.74) is 7.88. The number of rotatable bonds is 4. The van der Waals surface area contributed by atoms with Crippen LogP contribution in [0.1, 0.15) is 5.56 Å². The SMILES string of the molecule is Nc1ccccc1CCOc1ccc2cc(Br)ccc2c1. The summed E-state index contributed by atoms with van der Waals surface area (Å²) in [5.74, 6) is 0.888. The number of fused-ring (bicyclic) bond motifs is 1. The van der Waals surface area contributed by atoms with Crippen molar-refractivity contribution in [2.75, 3.05) is 12.3 Å². The van der Waals surface area contributed by atoms with Crippen LogP contribution in [0.3, 0.4) is 0 Å². The molecule has 0 unspecified atom stereocenters. The highest BCUT2D eigenvalue weighted by Crippen LogP contribution is 2.24. The maximum Gasteiger partial charge on any atom is 0.119 e. The third-order valence-corrected chi connectivity index (χ3v) is 3.96. The molecular weight excluding hydrogens is 326 g/mol. The molecule has 0 saturated carbocycles. The summed E-state index contributed by atoms with van der Waals surface area (Å²) in [6, 6.07) is 20.3. The quantitative estimate of drug-likeness (QED) is 0.691. The Labute approximate surface area is 132 Å². The van der Waals surface area contributed by atoms with Gasteiger partial charge in [-0.2, -0.15) is 0 Å². The first kappa shape index (κ1) is 14.0. The van der Waals surface area contributed by atoms with Crippen molar-refractivity contribution >= 4 is 32.4 Å². The van der Waals surface area contributed by atoms with Gasteiger partial charge >= 0.3 is 0 Å². The fourth-order valence-electron chi connectivity index (χ4n) is 2.33. The number of benzene rings is 3. The van der Waals surface area contributed by atoms with Crippen LogP contribution in [-0.2, 0) is 6.42 Å². The number of nitrogen functional groups attached to an aromatic ring is 1. The molecule has 0 spiro atoms. The minimum absolute atomic E-state index is 0.621. The van der Waals surface area contributed by atoms with Gasteiger partial charge in [-0.25, -0.2) is 0 Å². The molecule has 2 N–H and O–H groups in total. The summed E-state index contributed by atoms with van der Waals surface area (Å²) < 4.78 is 6.92. The maximum absolute atomic E-state index is 5.93. The van der Waals surface area contributed by atoms with Crippen LogP contribution >= 0.6 is 15.9 Å². The Hall–Kier alpha value is -2.00. The maximum atomic E-state index is 5.93. The van der Waals surface area contributed by atoms with E-state index in [2.05, 4.69) is 40.2 Å². The van der Waals surface area contributed by atoms with E-state index in [1.807, 2.05) is 36.4 Å². The molecule has 3 aromatic carbocycles. The minimum Gasteiger partial charge on any atom is -0.493 e. The molecule has 0 atom stereocenters. The highest BCUT2D eigenvalue weighted by atomic mass is 79.9. The van der Waals surface area contributed by atoms with Crippen LogP contribution in [-0.4, -0.2) is 6.61 Å². The predicted octanol–water partition coefficient (Wildman–Crippen LogP) is 4.81. The second-order valence-corrected chi connectivity index (χ2v) is 5.87. The van der Waals surface area contributed by atoms with Gasteiger partial charge in [0.15, 0.2) is 0 Å². The summed E-state index contributed by atoms with van der Waals surface area (Å²) in [7, 11) is 0. The van der Waals surface area contributed by atoms with E-state index in [-0.39, 0.29) is 0 Å². The van der Waals surface area contributed by atoms with Gasteiger partial charge in [0.2, 0.25) is 0 Å². The number of hydrogen-bond donors (Lipinski definition) is 1. The Kier molecular flexibility index (Phi) is 4.11. The molecule has 3 aromatic rings. The van der Waals surface area contributed by atoms with E-state index in [9.17, 15) is 0 Å². The molecule has 3 rings (SSSR count). The van der Waals surface area contributed by atoms with Crippen LogP contribution in [0.4, 0.5) is 5.69 Å². The number of para-hydroxylation sites is 1. The van der Waals surface area contributed by atoms with Crippen LogP contribution in [0.25, 0.3) is 10.8 Å². The average molecular weight is 342 g/mol. The Morgan fingerprint density at radius 3 is 2.52 bits per heavy atom. The lowest BCUT2D eigenvalue weighted by Gasteiger charge is -2.09. The highest BCUT2D eigenvalue weighted by molar-refractivity contribution is 9.10. The summed E-state index contributed by atoms with van der Waals surface area (Å²) in [5, 5.41) is 2.37. The number of halogens is 1.